The van der Waals surface area contributed by atoms with Gasteiger partial charge in [0.05, 0.1) is 0 Å². The van der Waals surface area contributed by atoms with Crippen LogP contribution in [0, 0.1) is 5.92 Å². The molecule has 3 unspecified atom stereocenters. The molecule has 0 amide bonds. The molecule has 94 valence electrons. The fraction of sp³-hybridized carbons (Fsp3) is 0.571. The number of likely N-dealkylation sites (tertiary alicyclic amines) is 1. The topological polar surface area (TPSA) is 29.3 Å². The number of benzene rings is 1. The van der Waals surface area contributed by atoms with Gasteiger partial charge >= 0.3 is 0 Å². The summed E-state index contributed by atoms with van der Waals surface area (Å²) in [5.41, 5.74) is 7.39. The fourth-order valence-corrected chi connectivity index (χ4v) is 2.63. The Hall–Kier alpha value is -0.570. The Morgan fingerprint density at radius 1 is 1.35 bits per heavy atom. The smallest absolute Gasteiger partial charge is 0.0406 e. The van der Waals surface area contributed by atoms with Crippen molar-refractivity contribution in [1.82, 2.24) is 4.90 Å². The zero-order valence-electron chi connectivity index (χ0n) is 10.6. The summed E-state index contributed by atoms with van der Waals surface area (Å²) in [6.07, 6.45) is 1.10. The predicted octanol–water partition coefficient (Wildman–Crippen LogP) is 3.07. The van der Waals surface area contributed by atoms with Crippen molar-refractivity contribution in [2.45, 2.75) is 32.4 Å². The number of piperidine rings is 1. The van der Waals surface area contributed by atoms with Crippen molar-refractivity contribution >= 4 is 11.6 Å². The van der Waals surface area contributed by atoms with Crippen LogP contribution in [0.1, 0.15) is 31.9 Å². The molecule has 0 bridgehead atoms. The van der Waals surface area contributed by atoms with Gasteiger partial charge in [0.15, 0.2) is 0 Å². The van der Waals surface area contributed by atoms with Crippen LogP contribution in [0.25, 0.3) is 0 Å². The average Bonchev–Trinajstić information content (AvgIpc) is 2.33. The van der Waals surface area contributed by atoms with E-state index in [-0.39, 0.29) is 0 Å². The number of hydrogen-bond donors (Lipinski definition) is 1. The number of halogens is 1. The third-order valence-electron chi connectivity index (χ3n) is 3.90. The summed E-state index contributed by atoms with van der Waals surface area (Å²) in [7, 11) is 0. The van der Waals surface area contributed by atoms with Crippen LogP contribution < -0.4 is 5.73 Å². The molecule has 2 nitrogen and oxygen atoms in total. The van der Waals surface area contributed by atoms with E-state index in [4.69, 9.17) is 17.3 Å². The summed E-state index contributed by atoms with van der Waals surface area (Å²) in [5, 5.41) is 0.801. The molecule has 0 spiro atoms. The van der Waals surface area contributed by atoms with E-state index < -0.39 is 0 Å². The lowest BCUT2D eigenvalue weighted by Crippen LogP contribution is -2.46. The number of nitrogens with zero attached hydrogens (tertiary/aromatic N) is 1. The van der Waals surface area contributed by atoms with Crippen molar-refractivity contribution < 1.29 is 0 Å². The molecule has 1 saturated heterocycles. The molecule has 1 aromatic rings. The Morgan fingerprint density at radius 3 is 2.59 bits per heavy atom. The molecule has 0 aliphatic carbocycles. The van der Waals surface area contributed by atoms with Gasteiger partial charge in [-0.25, -0.2) is 0 Å². The number of nitrogens with two attached hydrogens (primary N) is 1. The highest BCUT2D eigenvalue weighted by Gasteiger charge is 2.26. The monoisotopic (exact) mass is 252 g/mol. The van der Waals surface area contributed by atoms with E-state index >= 15 is 0 Å². The van der Waals surface area contributed by atoms with E-state index in [2.05, 4.69) is 30.9 Å². The van der Waals surface area contributed by atoms with Gasteiger partial charge in [-0.1, -0.05) is 30.7 Å². The van der Waals surface area contributed by atoms with Crippen molar-refractivity contribution in [2.24, 2.45) is 11.7 Å². The third-order valence-corrected chi connectivity index (χ3v) is 4.16. The Bertz CT molecular complexity index is 363. The van der Waals surface area contributed by atoms with Crippen LogP contribution in [0.15, 0.2) is 24.3 Å². The van der Waals surface area contributed by atoms with Crippen molar-refractivity contribution in [3.8, 4) is 0 Å². The summed E-state index contributed by atoms with van der Waals surface area (Å²) in [6, 6.07) is 8.98. The van der Waals surface area contributed by atoms with Crippen LogP contribution in [0.5, 0.6) is 0 Å². The van der Waals surface area contributed by atoms with Gasteiger partial charge in [0.25, 0.3) is 0 Å². The molecule has 2 N–H and O–H groups in total. The van der Waals surface area contributed by atoms with Gasteiger partial charge in [-0.2, -0.15) is 0 Å². The maximum atomic E-state index is 6.06. The highest BCUT2D eigenvalue weighted by molar-refractivity contribution is 6.30. The molecule has 1 fully saturated rings. The van der Waals surface area contributed by atoms with E-state index in [1.165, 1.54) is 5.56 Å². The molecule has 1 aliphatic rings. The average molecular weight is 253 g/mol. The normalized spacial score (nSPS) is 28.0. The van der Waals surface area contributed by atoms with Gasteiger partial charge in [-0.15, -0.1) is 0 Å². The van der Waals surface area contributed by atoms with Crippen LogP contribution >= 0.6 is 11.6 Å². The Labute approximate surface area is 109 Å². The highest BCUT2D eigenvalue weighted by atomic mass is 35.5. The maximum absolute atomic E-state index is 6.06. The summed E-state index contributed by atoms with van der Waals surface area (Å²) in [5.74, 6) is 0.582. The summed E-state index contributed by atoms with van der Waals surface area (Å²) in [6.45, 7) is 6.68. The lowest BCUT2D eigenvalue weighted by molar-refractivity contribution is 0.124. The zero-order valence-corrected chi connectivity index (χ0v) is 11.3. The quantitative estimate of drug-likeness (QED) is 0.877. The standard InChI is InChI=1S/C14H21ClN2/c1-10-9-17(8-7-14(10)16)11(2)12-3-5-13(15)6-4-12/h3-6,10-11,14H,7-9,16H2,1-2H3. The molecule has 3 atom stereocenters. The Kier molecular flexibility index (Phi) is 4.08. The van der Waals surface area contributed by atoms with Crippen molar-refractivity contribution in [3.05, 3.63) is 34.9 Å². The van der Waals surface area contributed by atoms with Crippen molar-refractivity contribution in [1.29, 1.82) is 0 Å². The minimum atomic E-state index is 0.365. The zero-order chi connectivity index (χ0) is 12.4. The molecule has 0 saturated carbocycles. The Balaban J connectivity index is 2.05. The van der Waals surface area contributed by atoms with Crippen molar-refractivity contribution in [2.75, 3.05) is 13.1 Å². The second kappa shape index (κ2) is 5.38. The fourth-order valence-electron chi connectivity index (χ4n) is 2.50. The predicted molar refractivity (Wildman–Crippen MR) is 73.2 cm³/mol. The van der Waals surface area contributed by atoms with Gasteiger partial charge in [0.1, 0.15) is 0 Å². The van der Waals surface area contributed by atoms with Crippen molar-refractivity contribution in [3.63, 3.8) is 0 Å². The minimum Gasteiger partial charge on any atom is -0.327 e. The van der Waals surface area contributed by atoms with Crippen LogP contribution in [-0.4, -0.2) is 24.0 Å². The van der Waals surface area contributed by atoms with E-state index in [0.717, 1.165) is 24.5 Å². The molecular weight excluding hydrogens is 232 g/mol. The lowest BCUT2D eigenvalue weighted by atomic mass is 9.92. The molecule has 17 heavy (non-hydrogen) atoms. The summed E-state index contributed by atoms with van der Waals surface area (Å²) < 4.78 is 0. The van der Waals surface area contributed by atoms with E-state index in [1.54, 1.807) is 0 Å². The molecule has 0 radical (unpaired) electrons. The number of hydrogen-bond acceptors (Lipinski definition) is 2. The first-order valence-electron chi connectivity index (χ1n) is 6.33. The Morgan fingerprint density at radius 2 is 2.00 bits per heavy atom. The molecule has 1 heterocycles. The first-order chi connectivity index (χ1) is 8.08. The largest absolute Gasteiger partial charge is 0.327 e. The van der Waals surface area contributed by atoms with Crippen LogP contribution in [0.4, 0.5) is 0 Å². The van der Waals surface area contributed by atoms with Crippen LogP contribution in [0.2, 0.25) is 5.02 Å². The molecule has 0 aromatic heterocycles. The molecule has 1 aliphatic heterocycles. The second-order valence-electron chi connectivity index (χ2n) is 5.15. The minimum absolute atomic E-state index is 0.365. The van der Waals surface area contributed by atoms with E-state index in [1.807, 2.05) is 12.1 Å². The van der Waals surface area contributed by atoms with Gasteiger partial charge in [0.2, 0.25) is 0 Å². The van der Waals surface area contributed by atoms with E-state index in [0.29, 0.717) is 18.0 Å². The third kappa shape index (κ3) is 3.01. The van der Waals surface area contributed by atoms with Gasteiger partial charge < -0.3 is 5.73 Å². The van der Waals surface area contributed by atoms with Gasteiger partial charge in [0, 0.05) is 30.2 Å². The summed E-state index contributed by atoms with van der Waals surface area (Å²) in [4.78, 5) is 2.51. The van der Waals surface area contributed by atoms with E-state index in [9.17, 15) is 0 Å². The first-order valence-corrected chi connectivity index (χ1v) is 6.71. The molecule has 1 aromatic carbocycles. The second-order valence-corrected chi connectivity index (χ2v) is 5.59. The summed E-state index contributed by atoms with van der Waals surface area (Å²) >= 11 is 5.91. The number of rotatable bonds is 2. The highest BCUT2D eigenvalue weighted by Crippen LogP contribution is 2.26. The van der Waals surface area contributed by atoms with Gasteiger partial charge in [-0.05, 0) is 37.0 Å². The first kappa shape index (κ1) is 12.9. The van der Waals surface area contributed by atoms with Crippen LogP contribution in [-0.2, 0) is 0 Å². The molecular formula is C14H21ClN2. The molecule has 2 rings (SSSR count). The van der Waals surface area contributed by atoms with Gasteiger partial charge in [-0.3, -0.25) is 4.90 Å². The maximum Gasteiger partial charge on any atom is 0.0406 e. The lowest BCUT2D eigenvalue weighted by Gasteiger charge is -2.38. The van der Waals surface area contributed by atoms with Crippen LogP contribution in [0.3, 0.4) is 0 Å². The molecule has 3 heteroatoms. The SMILES string of the molecule is CC1CN(C(C)c2ccc(Cl)cc2)CCC1N.